The number of hydrogen-bond acceptors (Lipinski definition) is 5. The van der Waals surface area contributed by atoms with Crippen LogP contribution in [0, 0.1) is 0 Å². The van der Waals surface area contributed by atoms with Crippen LogP contribution in [0.5, 0.6) is 0 Å². The van der Waals surface area contributed by atoms with E-state index in [-0.39, 0.29) is 12.5 Å². The summed E-state index contributed by atoms with van der Waals surface area (Å²) in [7, 11) is 0. The maximum absolute atomic E-state index is 12.1. The molecule has 0 bridgehead atoms. The molecule has 1 aliphatic rings. The summed E-state index contributed by atoms with van der Waals surface area (Å²) in [6.07, 6.45) is 2.74. The van der Waals surface area contributed by atoms with E-state index in [2.05, 4.69) is 15.5 Å². The standard InChI is InChI=1S/C14H17N5O3/c20-10-5-1-3-7-18(13(10)22)9-12(21)15-14-17-16-11-6-2-4-8-19(11)14/h2,4,6,8,10,20H,1,3,5,7,9H2,(H,15,17,21). The van der Waals surface area contributed by atoms with Crippen LogP contribution in [0.15, 0.2) is 24.4 Å². The second kappa shape index (κ2) is 6.10. The summed E-state index contributed by atoms with van der Waals surface area (Å²) in [5, 5.41) is 20.2. The van der Waals surface area contributed by atoms with Crippen molar-refractivity contribution < 1.29 is 14.7 Å². The number of hydrogen-bond donors (Lipinski definition) is 2. The second-order valence-electron chi connectivity index (χ2n) is 5.27. The van der Waals surface area contributed by atoms with Gasteiger partial charge in [-0.3, -0.25) is 19.3 Å². The van der Waals surface area contributed by atoms with Crippen LogP contribution in [0.3, 0.4) is 0 Å². The van der Waals surface area contributed by atoms with E-state index in [9.17, 15) is 14.7 Å². The number of likely N-dealkylation sites (tertiary alicyclic amines) is 1. The Morgan fingerprint density at radius 1 is 1.36 bits per heavy atom. The fraction of sp³-hybridized carbons (Fsp3) is 0.429. The average Bonchev–Trinajstić information content (AvgIpc) is 2.85. The van der Waals surface area contributed by atoms with Crippen LogP contribution < -0.4 is 5.32 Å². The summed E-state index contributed by atoms with van der Waals surface area (Å²) in [5.41, 5.74) is 0.624. The Balaban J connectivity index is 1.68. The third kappa shape index (κ3) is 2.91. The van der Waals surface area contributed by atoms with Crippen LogP contribution >= 0.6 is 0 Å². The van der Waals surface area contributed by atoms with E-state index >= 15 is 0 Å². The van der Waals surface area contributed by atoms with E-state index in [1.165, 1.54) is 4.90 Å². The lowest BCUT2D eigenvalue weighted by atomic mass is 10.2. The molecule has 2 N–H and O–H groups in total. The molecule has 1 fully saturated rings. The number of rotatable bonds is 3. The van der Waals surface area contributed by atoms with E-state index in [4.69, 9.17) is 0 Å². The average molecular weight is 303 g/mol. The second-order valence-corrected chi connectivity index (χ2v) is 5.27. The molecule has 0 radical (unpaired) electrons. The molecule has 22 heavy (non-hydrogen) atoms. The van der Waals surface area contributed by atoms with E-state index in [0.717, 1.165) is 12.8 Å². The molecule has 1 unspecified atom stereocenters. The SMILES string of the molecule is O=C(CN1CCCCC(O)C1=O)Nc1nnc2ccccn12. The Labute approximate surface area is 126 Å². The molecule has 0 saturated carbocycles. The molecular weight excluding hydrogens is 286 g/mol. The molecule has 2 aromatic heterocycles. The van der Waals surface area contributed by atoms with Gasteiger partial charge in [-0.25, -0.2) is 0 Å². The Bertz CT molecular complexity index is 699. The van der Waals surface area contributed by atoms with Crippen LogP contribution in [0.4, 0.5) is 5.95 Å². The van der Waals surface area contributed by atoms with Gasteiger partial charge in [-0.1, -0.05) is 6.07 Å². The highest BCUT2D eigenvalue weighted by molar-refractivity contribution is 5.94. The number of aromatic nitrogens is 3. The van der Waals surface area contributed by atoms with Gasteiger partial charge in [-0.2, -0.15) is 0 Å². The zero-order chi connectivity index (χ0) is 15.5. The van der Waals surface area contributed by atoms with Crippen molar-refractivity contribution >= 4 is 23.4 Å². The molecule has 3 rings (SSSR count). The van der Waals surface area contributed by atoms with Gasteiger partial charge in [-0.15, -0.1) is 10.2 Å². The van der Waals surface area contributed by atoms with Gasteiger partial charge in [0, 0.05) is 12.7 Å². The van der Waals surface area contributed by atoms with Crippen molar-refractivity contribution in [3.05, 3.63) is 24.4 Å². The van der Waals surface area contributed by atoms with Crippen molar-refractivity contribution in [2.24, 2.45) is 0 Å². The van der Waals surface area contributed by atoms with Gasteiger partial charge >= 0.3 is 0 Å². The molecule has 0 aromatic carbocycles. The van der Waals surface area contributed by atoms with Crippen molar-refractivity contribution in [1.29, 1.82) is 0 Å². The van der Waals surface area contributed by atoms with Crippen molar-refractivity contribution in [3.8, 4) is 0 Å². The predicted octanol–water partition coefficient (Wildman–Crippen LogP) is 0.0412. The summed E-state index contributed by atoms with van der Waals surface area (Å²) < 4.78 is 1.65. The van der Waals surface area contributed by atoms with Gasteiger partial charge in [0.1, 0.15) is 12.6 Å². The van der Waals surface area contributed by atoms with Crippen LogP contribution in [-0.2, 0) is 9.59 Å². The molecule has 116 valence electrons. The highest BCUT2D eigenvalue weighted by Gasteiger charge is 2.26. The monoisotopic (exact) mass is 303 g/mol. The number of aliphatic hydroxyl groups excluding tert-OH is 1. The van der Waals surface area contributed by atoms with Gasteiger partial charge in [0.05, 0.1) is 0 Å². The largest absolute Gasteiger partial charge is 0.383 e. The van der Waals surface area contributed by atoms with Gasteiger partial charge in [0.2, 0.25) is 11.9 Å². The minimum absolute atomic E-state index is 0.0996. The van der Waals surface area contributed by atoms with Gasteiger partial charge < -0.3 is 10.0 Å². The summed E-state index contributed by atoms with van der Waals surface area (Å²) >= 11 is 0. The lowest BCUT2D eigenvalue weighted by molar-refractivity contribution is -0.141. The summed E-state index contributed by atoms with van der Waals surface area (Å²) in [5.74, 6) is -0.442. The van der Waals surface area contributed by atoms with Crippen LogP contribution in [0.1, 0.15) is 19.3 Å². The third-order valence-corrected chi connectivity index (χ3v) is 3.65. The number of nitrogens with zero attached hydrogens (tertiary/aromatic N) is 4. The maximum Gasteiger partial charge on any atom is 0.251 e. The minimum Gasteiger partial charge on any atom is -0.383 e. The molecule has 1 saturated heterocycles. The highest BCUT2D eigenvalue weighted by atomic mass is 16.3. The minimum atomic E-state index is -1.01. The first-order chi connectivity index (χ1) is 10.6. The fourth-order valence-electron chi connectivity index (χ4n) is 2.51. The molecule has 8 nitrogen and oxygen atoms in total. The topological polar surface area (TPSA) is 99.8 Å². The summed E-state index contributed by atoms with van der Waals surface area (Å²) in [4.78, 5) is 25.5. The number of carbonyl (C=O) groups excluding carboxylic acids is 2. The fourth-order valence-corrected chi connectivity index (χ4v) is 2.51. The summed E-state index contributed by atoms with van der Waals surface area (Å²) in [6.45, 7) is 0.377. The molecular formula is C14H17N5O3. The van der Waals surface area contributed by atoms with Gasteiger partial charge in [-0.05, 0) is 31.4 Å². The first-order valence-corrected chi connectivity index (χ1v) is 7.21. The Kier molecular flexibility index (Phi) is 4.01. The number of aliphatic hydroxyl groups is 1. The van der Waals surface area contributed by atoms with Crippen molar-refractivity contribution in [1.82, 2.24) is 19.5 Å². The van der Waals surface area contributed by atoms with Crippen LogP contribution in [0.25, 0.3) is 5.65 Å². The molecule has 2 amide bonds. The smallest absolute Gasteiger partial charge is 0.251 e. The van der Waals surface area contributed by atoms with Crippen molar-refractivity contribution in [3.63, 3.8) is 0 Å². The molecule has 0 aliphatic carbocycles. The number of nitrogens with one attached hydrogen (secondary N) is 1. The normalized spacial score (nSPS) is 19.2. The Hall–Kier alpha value is -2.48. The molecule has 0 spiro atoms. The maximum atomic E-state index is 12.1. The Morgan fingerprint density at radius 2 is 2.23 bits per heavy atom. The third-order valence-electron chi connectivity index (χ3n) is 3.65. The number of anilines is 1. The van der Waals surface area contributed by atoms with Crippen molar-refractivity contribution in [2.45, 2.75) is 25.4 Å². The van der Waals surface area contributed by atoms with Gasteiger partial charge in [0.25, 0.3) is 5.91 Å². The number of amides is 2. The van der Waals surface area contributed by atoms with Crippen LogP contribution in [-0.4, -0.2) is 55.6 Å². The molecule has 3 heterocycles. The molecule has 2 aromatic rings. The molecule has 8 heteroatoms. The lowest BCUT2D eigenvalue weighted by Gasteiger charge is -2.21. The van der Waals surface area contributed by atoms with Gasteiger partial charge in [0.15, 0.2) is 5.65 Å². The Morgan fingerprint density at radius 3 is 3.09 bits per heavy atom. The highest BCUT2D eigenvalue weighted by Crippen LogP contribution is 2.12. The summed E-state index contributed by atoms with van der Waals surface area (Å²) in [6, 6.07) is 5.41. The zero-order valence-corrected chi connectivity index (χ0v) is 12.0. The number of carbonyl (C=O) groups is 2. The quantitative estimate of drug-likeness (QED) is 0.834. The van der Waals surface area contributed by atoms with Crippen molar-refractivity contribution in [2.75, 3.05) is 18.4 Å². The molecule has 1 aliphatic heterocycles. The zero-order valence-electron chi connectivity index (χ0n) is 12.0. The predicted molar refractivity (Wildman–Crippen MR) is 78.1 cm³/mol. The van der Waals surface area contributed by atoms with E-state index < -0.39 is 12.0 Å². The van der Waals surface area contributed by atoms with E-state index in [1.807, 2.05) is 6.07 Å². The first-order valence-electron chi connectivity index (χ1n) is 7.21. The molecule has 1 atom stereocenters. The number of pyridine rings is 1. The van der Waals surface area contributed by atoms with E-state index in [0.29, 0.717) is 24.6 Å². The first kappa shape index (κ1) is 14.5. The lowest BCUT2D eigenvalue weighted by Crippen LogP contribution is -2.42. The van der Waals surface area contributed by atoms with Crippen LogP contribution in [0.2, 0.25) is 0 Å². The van der Waals surface area contributed by atoms with E-state index in [1.54, 1.807) is 22.7 Å². The number of fused-ring (bicyclic) bond motifs is 1.